The first-order valence-electron chi connectivity index (χ1n) is 12.2. The van der Waals surface area contributed by atoms with Gasteiger partial charge in [0.2, 0.25) is 0 Å². The minimum atomic E-state index is -0.771. The largest absolute Gasteiger partial charge is 0.507 e. The maximum atomic E-state index is 13.4. The molecule has 3 heterocycles. The molecule has 2 aliphatic rings. The summed E-state index contributed by atoms with van der Waals surface area (Å²) in [6.07, 6.45) is 2.99. The van der Waals surface area contributed by atoms with Crippen molar-refractivity contribution in [1.29, 1.82) is 0 Å². The highest BCUT2D eigenvalue weighted by molar-refractivity contribution is 6.46. The third kappa shape index (κ3) is 4.42. The van der Waals surface area contributed by atoms with E-state index in [0.29, 0.717) is 17.1 Å². The molecule has 7 heteroatoms. The normalized spacial score (nSPS) is 20.7. The topological polar surface area (TPSA) is 83.2 Å². The summed E-state index contributed by atoms with van der Waals surface area (Å²) in [5.74, 6) is -0.358. The highest BCUT2D eigenvalue weighted by Gasteiger charge is 2.50. The van der Waals surface area contributed by atoms with Crippen LogP contribution in [0.1, 0.15) is 41.3 Å². The molecule has 1 amide bonds. The zero-order chi connectivity index (χ0) is 25.2. The average Bonchev–Trinajstić information content (AvgIpc) is 3.51. The number of ketones is 1. The highest BCUT2D eigenvalue weighted by atomic mass is 16.5. The second-order valence-electron chi connectivity index (χ2n) is 9.40. The molecule has 0 aliphatic carbocycles. The first kappa shape index (κ1) is 23.9. The third-order valence-electron chi connectivity index (χ3n) is 7.18. The summed E-state index contributed by atoms with van der Waals surface area (Å²) in [7, 11) is 1.57. The molecule has 2 aliphatic heterocycles. The van der Waals surface area contributed by atoms with E-state index < -0.39 is 17.7 Å². The molecule has 7 nitrogen and oxygen atoms in total. The third-order valence-corrected chi connectivity index (χ3v) is 7.18. The summed E-state index contributed by atoms with van der Waals surface area (Å²) in [5, 5.41) is 11.3. The van der Waals surface area contributed by atoms with Crippen molar-refractivity contribution in [3.05, 3.63) is 95.0 Å². The van der Waals surface area contributed by atoms with Gasteiger partial charge in [0.25, 0.3) is 11.7 Å². The summed E-state index contributed by atoms with van der Waals surface area (Å²) in [5.41, 5.74) is 2.55. The molecule has 5 rings (SSSR count). The van der Waals surface area contributed by atoms with Crippen molar-refractivity contribution in [3.8, 4) is 5.75 Å². The Bertz CT molecular complexity index is 1270. The zero-order valence-corrected chi connectivity index (χ0v) is 20.5. The minimum Gasteiger partial charge on any atom is -0.507 e. The van der Waals surface area contributed by atoms with Crippen molar-refractivity contribution >= 4 is 17.4 Å². The summed E-state index contributed by atoms with van der Waals surface area (Å²) in [6, 6.07) is 18.1. The van der Waals surface area contributed by atoms with E-state index in [2.05, 4.69) is 17.0 Å². The second-order valence-corrected chi connectivity index (χ2v) is 9.40. The number of furan rings is 1. The number of hydrogen-bond acceptors (Lipinski definition) is 6. The van der Waals surface area contributed by atoms with E-state index in [-0.39, 0.29) is 17.4 Å². The van der Waals surface area contributed by atoms with Crippen molar-refractivity contribution < 1.29 is 23.8 Å². The number of amides is 1. The first-order valence-corrected chi connectivity index (χ1v) is 12.2. The fraction of sp³-hybridized carbons (Fsp3) is 0.310. The number of carbonyl (C=O) groups is 2. The van der Waals surface area contributed by atoms with Crippen LogP contribution >= 0.6 is 0 Å². The molecule has 1 atom stereocenters. The molecule has 36 heavy (non-hydrogen) atoms. The molecule has 2 aromatic carbocycles. The number of aliphatic hydroxyl groups is 1. The Morgan fingerprint density at radius 3 is 2.44 bits per heavy atom. The molecule has 0 saturated carbocycles. The molecular weight excluding hydrogens is 456 g/mol. The number of ether oxygens (including phenoxy) is 1. The predicted octanol–water partition coefficient (Wildman–Crippen LogP) is 4.68. The maximum absolute atomic E-state index is 13.4. The van der Waals surface area contributed by atoms with Crippen LogP contribution in [0, 0.1) is 6.92 Å². The van der Waals surface area contributed by atoms with Crippen LogP contribution in [0.3, 0.4) is 0 Å². The highest BCUT2D eigenvalue weighted by Crippen LogP contribution is 2.43. The summed E-state index contributed by atoms with van der Waals surface area (Å²) in [6.45, 7) is 4.30. The minimum absolute atomic E-state index is 0.0648. The van der Waals surface area contributed by atoms with Crippen LogP contribution in [-0.4, -0.2) is 52.8 Å². The van der Waals surface area contributed by atoms with Gasteiger partial charge in [0, 0.05) is 31.2 Å². The van der Waals surface area contributed by atoms with Crippen LogP contribution in [0.4, 0.5) is 0 Å². The van der Waals surface area contributed by atoms with Crippen LogP contribution < -0.4 is 4.74 Å². The Labute approximate surface area is 210 Å². The van der Waals surface area contributed by atoms with Crippen molar-refractivity contribution in [2.24, 2.45) is 0 Å². The Hall–Kier alpha value is -3.84. The van der Waals surface area contributed by atoms with Crippen LogP contribution in [0.25, 0.3) is 5.76 Å². The van der Waals surface area contributed by atoms with Crippen molar-refractivity contribution in [3.63, 3.8) is 0 Å². The van der Waals surface area contributed by atoms with Gasteiger partial charge in [-0.25, -0.2) is 0 Å². The Kier molecular flexibility index (Phi) is 6.65. The van der Waals surface area contributed by atoms with Gasteiger partial charge >= 0.3 is 0 Å². The number of Topliss-reactive ketones (excluding diaryl/α,β-unsaturated/α-hetero) is 1. The van der Waals surface area contributed by atoms with Crippen LogP contribution in [-0.2, 0) is 16.1 Å². The molecule has 2 saturated heterocycles. The standard InChI is InChI=1S/C29H30N2O5/c1-19-17-22(35-2)10-11-23(19)27(32)25-26(24-9-6-16-36-24)31(29(34)28(25)33)21-12-14-30(15-13-21)18-20-7-4-3-5-8-20/h3-11,16-17,21,26,32H,12-15,18H2,1-2H3/b27-25-. The van der Waals surface area contributed by atoms with Crippen molar-refractivity contribution in [2.75, 3.05) is 20.2 Å². The molecule has 1 aromatic heterocycles. The number of piperidine rings is 1. The van der Waals surface area contributed by atoms with E-state index in [9.17, 15) is 14.7 Å². The van der Waals surface area contributed by atoms with E-state index in [1.807, 2.05) is 25.1 Å². The van der Waals surface area contributed by atoms with Gasteiger partial charge in [-0.15, -0.1) is 0 Å². The number of hydrogen-bond donors (Lipinski definition) is 1. The molecule has 0 radical (unpaired) electrons. The van der Waals surface area contributed by atoms with E-state index in [4.69, 9.17) is 9.15 Å². The fourth-order valence-corrected chi connectivity index (χ4v) is 5.32. The van der Waals surface area contributed by atoms with Gasteiger partial charge in [-0.05, 0) is 61.2 Å². The summed E-state index contributed by atoms with van der Waals surface area (Å²) < 4.78 is 11.0. The number of benzene rings is 2. The van der Waals surface area contributed by atoms with E-state index in [1.54, 1.807) is 42.3 Å². The first-order chi connectivity index (χ1) is 17.5. The van der Waals surface area contributed by atoms with Crippen LogP contribution in [0.2, 0.25) is 0 Å². The number of nitrogens with zero attached hydrogens (tertiary/aromatic N) is 2. The smallest absolute Gasteiger partial charge is 0.296 e. The lowest BCUT2D eigenvalue weighted by atomic mass is 9.95. The van der Waals surface area contributed by atoms with Crippen molar-refractivity contribution in [1.82, 2.24) is 9.80 Å². The zero-order valence-electron chi connectivity index (χ0n) is 20.5. The number of rotatable bonds is 6. The molecule has 2 fully saturated rings. The van der Waals surface area contributed by atoms with Gasteiger partial charge in [0.1, 0.15) is 23.3 Å². The Balaban J connectivity index is 1.45. The monoisotopic (exact) mass is 486 g/mol. The van der Waals surface area contributed by atoms with Gasteiger partial charge in [-0.3, -0.25) is 14.5 Å². The lowest BCUT2D eigenvalue weighted by Crippen LogP contribution is -2.46. The quantitative estimate of drug-likeness (QED) is 0.309. The molecular formula is C29H30N2O5. The summed E-state index contributed by atoms with van der Waals surface area (Å²) >= 11 is 0. The van der Waals surface area contributed by atoms with E-state index >= 15 is 0 Å². The Morgan fingerprint density at radius 2 is 1.81 bits per heavy atom. The fourth-order valence-electron chi connectivity index (χ4n) is 5.32. The number of carbonyl (C=O) groups excluding carboxylic acids is 2. The Morgan fingerprint density at radius 1 is 1.06 bits per heavy atom. The summed E-state index contributed by atoms with van der Waals surface area (Å²) in [4.78, 5) is 30.7. The van der Waals surface area contributed by atoms with Gasteiger partial charge < -0.3 is 19.2 Å². The van der Waals surface area contributed by atoms with E-state index in [1.165, 1.54) is 11.8 Å². The van der Waals surface area contributed by atoms with Gasteiger partial charge in [-0.2, -0.15) is 0 Å². The van der Waals surface area contributed by atoms with Crippen LogP contribution in [0.15, 0.2) is 76.9 Å². The maximum Gasteiger partial charge on any atom is 0.296 e. The number of likely N-dealkylation sites (tertiary alicyclic amines) is 2. The molecule has 1 unspecified atom stereocenters. The lowest BCUT2D eigenvalue weighted by Gasteiger charge is -2.38. The molecule has 0 bridgehead atoms. The van der Waals surface area contributed by atoms with E-state index in [0.717, 1.165) is 38.0 Å². The van der Waals surface area contributed by atoms with Gasteiger partial charge in [0.05, 0.1) is 18.9 Å². The molecule has 186 valence electrons. The number of methoxy groups -OCH3 is 1. The van der Waals surface area contributed by atoms with Gasteiger partial charge in [0.15, 0.2) is 0 Å². The number of aliphatic hydroxyl groups excluding tert-OH is 1. The molecule has 0 spiro atoms. The molecule has 1 N–H and O–H groups in total. The van der Waals surface area contributed by atoms with Crippen molar-refractivity contribution in [2.45, 2.75) is 38.4 Å². The SMILES string of the molecule is COc1ccc(/C(O)=C2/C(=O)C(=O)N(C3CCN(Cc4ccccc4)CC3)C2c2ccco2)c(C)c1. The number of aryl methyl sites for hydroxylation is 1. The average molecular weight is 487 g/mol. The van der Waals surface area contributed by atoms with Crippen LogP contribution in [0.5, 0.6) is 5.75 Å². The predicted molar refractivity (Wildman–Crippen MR) is 135 cm³/mol. The second kappa shape index (κ2) is 10.0. The lowest BCUT2D eigenvalue weighted by molar-refractivity contribution is -0.142. The van der Waals surface area contributed by atoms with Gasteiger partial charge in [-0.1, -0.05) is 30.3 Å². The molecule has 3 aromatic rings.